The molecule has 2 aliphatic rings. The van der Waals surface area contributed by atoms with Gasteiger partial charge in [0.15, 0.2) is 11.5 Å². The predicted octanol–water partition coefficient (Wildman–Crippen LogP) is 4.03. The number of phenols is 1. The summed E-state index contributed by atoms with van der Waals surface area (Å²) in [5.41, 5.74) is 0.625. The number of carbonyl (C=O) groups excluding carboxylic acids is 2. The van der Waals surface area contributed by atoms with E-state index >= 15 is 0 Å². The first-order valence-corrected chi connectivity index (χ1v) is 9.55. The lowest BCUT2D eigenvalue weighted by Crippen LogP contribution is -2.34. The zero-order valence-electron chi connectivity index (χ0n) is 15.0. The van der Waals surface area contributed by atoms with Gasteiger partial charge in [-0.25, -0.2) is 0 Å². The second-order valence-electron chi connectivity index (χ2n) is 6.57. The third-order valence-corrected chi connectivity index (χ3v) is 5.75. The number of thioether (sulfide) groups is 1. The Morgan fingerprint density at radius 3 is 2.35 bits per heavy atom. The molecule has 0 aromatic heterocycles. The minimum Gasteiger partial charge on any atom is -0.502 e. The van der Waals surface area contributed by atoms with Crippen LogP contribution in [0.25, 0.3) is 6.08 Å². The summed E-state index contributed by atoms with van der Waals surface area (Å²) < 4.78 is 10.3. The van der Waals surface area contributed by atoms with Crippen LogP contribution >= 0.6 is 11.8 Å². The molecule has 1 aliphatic carbocycles. The SMILES string of the molecule is COc1cc(/C=C2/SC(=O)N(CC3CCCCC3)C2=O)cc(OC)c1O. The molecule has 0 bridgehead atoms. The Labute approximate surface area is 157 Å². The van der Waals surface area contributed by atoms with Crippen molar-refractivity contribution in [3.63, 3.8) is 0 Å². The Hall–Kier alpha value is -2.15. The van der Waals surface area contributed by atoms with E-state index in [0.717, 1.165) is 24.6 Å². The van der Waals surface area contributed by atoms with Gasteiger partial charge < -0.3 is 14.6 Å². The number of phenolic OH excluding ortho intramolecular Hbond substituents is 1. The van der Waals surface area contributed by atoms with E-state index in [0.29, 0.717) is 22.9 Å². The van der Waals surface area contributed by atoms with Crippen LogP contribution in [0.1, 0.15) is 37.7 Å². The van der Waals surface area contributed by atoms with E-state index in [1.54, 1.807) is 18.2 Å². The highest BCUT2D eigenvalue weighted by Gasteiger charge is 2.36. The zero-order valence-corrected chi connectivity index (χ0v) is 15.8. The highest BCUT2D eigenvalue weighted by Crippen LogP contribution is 2.40. The van der Waals surface area contributed by atoms with Gasteiger partial charge in [0.2, 0.25) is 5.75 Å². The van der Waals surface area contributed by atoms with Gasteiger partial charge in [-0.05, 0) is 54.3 Å². The van der Waals surface area contributed by atoms with E-state index in [2.05, 4.69) is 0 Å². The third-order valence-electron chi connectivity index (χ3n) is 4.84. The number of nitrogens with zero attached hydrogens (tertiary/aromatic N) is 1. The van der Waals surface area contributed by atoms with Gasteiger partial charge in [0.1, 0.15) is 0 Å². The lowest BCUT2D eigenvalue weighted by atomic mass is 9.89. The van der Waals surface area contributed by atoms with Crippen molar-refractivity contribution in [2.75, 3.05) is 20.8 Å². The van der Waals surface area contributed by atoms with Crippen LogP contribution in [0, 0.1) is 5.92 Å². The summed E-state index contributed by atoms with van der Waals surface area (Å²) in [5, 5.41) is 9.77. The maximum Gasteiger partial charge on any atom is 0.293 e. The molecule has 1 aliphatic heterocycles. The van der Waals surface area contributed by atoms with Gasteiger partial charge in [-0.3, -0.25) is 14.5 Å². The van der Waals surface area contributed by atoms with E-state index in [1.165, 1.54) is 38.4 Å². The number of hydrogen-bond acceptors (Lipinski definition) is 6. The highest BCUT2D eigenvalue weighted by atomic mass is 32.2. The van der Waals surface area contributed by atoms with Crippen molar-refractivity contribution in [1.82, 2.24) is 4.90 Å². The number of benzene rings is 1. The first kappa shape index (κ1) is 18.6. The molecule has 1 aromatic rings. The first-order valence-electron chi connectivity index (χ1n) is 8.74. The van der Waals surface area contributed by atoms with Crippen LogP contribution in [0.3, 0.4) is 0 Å². The Kier molecular flexibility index (Phi) is 5.76. The predicted molar refractivity (Wildman–Crippen MR) is 100 cm³/mol. The van der Waals surface area contributed by atoms with Crippen molar-refractivity contribution in [3.8, 4) is 17.2 Å². The Morgan fingerprint density at radius 1 is 1.15 bits per heavy atom. The van der Waals surface area contributed by atoms with E-state index in [4.69, 9.17) is 9.47 Å². The van der Waals surface area contributed by atoms with Crippen LogP contribution in [0.5, 0.6) is 17.2 Å². The quantitative estimate of drug-likeness (QED) is 0.781. The molecule has 2 amide bonds. The molecule has 6 nitrogen and oxygen atoms in total. The molecule has 7 heteroatoms. The van der Waals surface area contributed by atoms with Crippen LogP contribution in [0.4, 0.5) is 4.79 Å². The van der Waals surface area contributed by atoms with Crippen molar-refractivity contribution in [1.29, 1.82) is 0 Å². The molecule has 3 rings (SSSR count). The topological polar surface area (TPSA) is 76.1 Å². The maximum atomic E-state index is 12.7. The van der Waals surface area contributed by atoms with Gasteiger partial charge in [-0.15, -0.1) is 0 Å². The van der Waals surface area contributed by atoms with Crippen LogP contribution in [0.2, 0.25) is 0 Å². The van der Waals surface area contributed by atoms with Crippen molar-refractivity contribution in [2.45, 2.75) is 32.1 Å². The first-order chi connectivity index (χ1) is 12.5. The average Bonchev–Trinajstić information content (AvgIpc) is 2.91. The number of ether oxygens (including phenoxy) is 2. The van der Waals surface area contributed by atoms with Crippen molar-refractivity contribution >= 4 is 29.0 Å². The molecule has 1 N–H and O–H groups in total. The molecule has 0 spiro atoms. The number of rotatable bonds is 5. The molecule has 1 aromatic carbocycles. The molecule has 1 heterocycles. The van der Waals surface area contributed by atoms with Crippen molar-refractivity contribution in [2.24, 2.45) is 5.92 Å². The average molecular weight is 377 g/mol. The molecule has 0 radical (unpaired) electrons. The highest BCUT2D eigenvalue weighted by molar-refractivity contribution is 8.18. The lowest BCUT2D eigenvalue weighted by Gasteiger charge is -2.25. The Morgan fingerprint density at radius 2 is 1.77 bits per heavy atom. The standard InChI is InChI=1S/C19H23NO5S/c1-24-14-8-13(9-15(25-2)17(14)21)10-16-18(22)20(19(23)26-16)11-12-6-4-3-5-7-12/h8-10,12,21H,3-7,11H2,1-2H3/b16-10+. The summed E-state index contributed by atoms with van der Waals surface area (Å²) >= 11 is 0.951. The van der Waals surface area contributed by atoms with Gasteiger partial charge in [-0.1, -0.05) is 19.3 Å². The lowest BCUT2D eigenvalue weighted by molar-refractivity contribution is -0.123. The molecule has 140 valence electrons. The monoisotopic (exact) mass is 377 g/mol. The number of aromatic hydroxyl groups is 1. The summed E-state index contributed by atoms with van der Waals surface area (Å²) in [4.78, 5) is 26.7. The van der Waals surface area contributed by atoms with E-state index in [1.807, 2.05) is 0 Å². The Balaban J connectivity index is 1.81. The summed E-state index contributed by atoms with van der Waals surface area (Å²) in [6, 6.07) is 3.21. The smallest absolute Gasteiger partial charge is 0.293 e. The van der Waals surface area contributed by atoms with Gasteiger partial charge in [0.25, 0.3) is 11.1 Å². The fourth-order valence-corrected chi connectivity index (χ4v) is 4.28. The molecule has 1 saturated carbocycles. The van der Waals surface area contributed by atoms with Crippen LogP contribution in [-0.4, -0.2) is 41.9 Å². The minimum atomic E-state index is -0.253. The zero-order chi connectivity index (χ0) is 18.7. The van der Waals surface area contributed by atoms with Crippen LogP contribution in [0.15, 0.2) is 17.0 Å². The van der Waals surface area contributed by atoms with Crippen LogP contribution < -0.4 is 9.47 Å². The minimum absolute atomic E-state index is 0.0995. The normalized spacial score (nSPS) is 20.1. The number of hydrogen-bond donors (Lipinski definition) is 1. The van der Waals surface area contributed by atoms with Crippen LogP contribution in [-0.2, 0) is 4.79 Å². The largest absolute Gasteiger partial charge is 0.502 e. The van der Waals surface area contributed by atoms with E-state index in [-0.39, 0.29) is 28.4 Å². The van der Waals surface area contributed by atoms with Gasteiger partial charge in [0, 0.05) is 6.54 Å². The number of carbonyl (C=O) groups is 2. The number of methoxy groups -OCH3 is 2. The summed E-state index contributed by atoms with van der Waals surface area (Å²) in [6.45, 7) is 0.504. The molecular formula is C19H23NO5S. The third kappa shape index (κ3) is 3.82. The molecule has 1 saturated heterocycles. The maximum absolute atomic E-state index is 12.7. The summed E-state index contributed by atoms with van der Waals surface area (Å²) in [7, 11) is 2.88. The number of imide groups is 1. The summed E-state index contributed by atoms with van der Waals surface area (Å²) in [6.07, 6.45) is 7.37. The van der Waals surface area contributed by atoms with E-state index in [9.17, 15) is 14.7 Å². The van der Waals surface area contributed by atoms with Crippen molar-refractivity contribution < 1.29 is 24.2 Å². The molecule has 26 heavy (non-hydrogen) atoms. The second kappa shape index (κ2) is 8.03. The summed E-state index contributed by atoms with van der Waals surface area (Å²) in [5.74, 6) is 0.550. The van der Waals surface area contributed by atoms with Gasteiger partial charge in [0.05, 0.1) is 19.1 Å². The molecular weight excluding hydrogens is 354 g/mol. The number of amides is 2. The van der Waals surface area contributed by atoms with Gasteiger partial charge >= 0.3 is 0 Å². The molecule has 0 unspecified atom stereocenters. The van der Waals surface area contributed by atoms with Gasteiger partial charge in [-0.2, -0.15) is 0 Å². The van der Waals surface area contributed by atoms with E-state index < -0.39 is 0 Å². The molecule has 2 fully saturated rings. The van der Waals surface area contributed by atoms with Crippen molar-refractivity contribution in [3.05, 3.63) is 22.6 Å². The fourth-order valence-electron chi connectivity index (χ4n) is 3.43. The fraction of sp³-hybridized carbons (Fsp3) is 0.474. The molecule has 0 atom stereocenters. The Bertz CT molecular complexity index is 714. The second-order valence-corrected chi connectivity index (χ2v) is 7.56.